The smallest absolute Gasteiger partial charge is 0.287 e. The maximum absolute atomic E-state index is 5.60. The van der Waals surface area contributed by atoms with Gasteiger partial charge in [0.25, 0.3) is 5.95 Å². The average Bonchev–Trinajstić information content (AvgIpc) is 2.49. The van der Waals surface area contributed by atoms with Crippen molar-refractivity contribution in [2.45, 2.75) is 72.1 Å². The van der Waals surface area contributed by atoms with Gasteiger partial charge in [-0.25, -0.2) is 0 Å². The Morgan fingerprint density at radius 2 is 1.43 bits per heavy atom. The molecule has 0 fully saturated rings. The second-order valence-electron chi connectivity index (χ2n) is 5.05. The Morgan fingerprint density at radius 3 is 2.00 bits per heavy atom. The van der Waals surface area contributed by atoms with Crippen molar-refractivity contribution in [3.05, 3.63) is 24.2 Å². The topological polar surface area (TPSA) is 18.5 Å². The maximum atomic E-state index is 5.60. The van der Waals surface area contributed by atoms with Crippen LogP contribution in [0.5, 0.6) is 0 Å². The van der Waals surface area contributed by atoms with Gasteiger partial charge in [0.2, 0.25) is 0 Å². The van der Waals surface area contributed by atoms with Crippen molar-refractivity contribution < 1.29 is 9.47 Å². The van der Waals surface area contributed by atoms with Crippen LogP contribution in [-0.2, 0) is 9.47 Å². The van der Waals surface area contributed by atoms with Gasteiger partial charge in [-0.3, -0.25) is 0 Å². The van der Waals surface area contributed by atoms with Crippen LogP contribution in [0.1, 0.15) is 72.1 Å². The molecule has 0 rings (SSSR count). The van der Waals surface area contributed by atoms with Crippen LogP contribution in [0.4, 0.5) is 0 Å². The fourth-order valence-corrected chi connectivity index (χ4v) is 1.56. The first-order chi connectivity index (χ1) is 10.3. The third kappa shape index (κ3) is 14.9. The number of rotatable bonds is 12. The van der Waals surface area contributed by atoms with Gasteiger partial charge in [0, 0.05) is 0 Å². The lowest BCUT2D eigenvalue weighted by molar-refractivity contribution is 0.0334. The molecule has 0 aromatic carbocycles. The molecule has 0 atom stereocenters. The normalized spacial score (nSPS) is 10.0. The first kappa shape index (κ1) is 19.6. The Bertz CT molecular complexity index is 319. The van der Waals surface area contributed by atoms with E-state index in [2.05, 4.69) is 38.7 Å². The molecule has 21 heavy (non-hydrogen) atoms. The molecule has 0 heterocycles. The number of allylic oxidation sites excluding steroid dienone is 3. The van der Waals surface area contributed by atoms with Gasteiger partial charge < -0.3 is 9.47 Å². The van der Waals surface area contributed by atoms with Crippen molar-refractivity contribution in [2.75, 3.05) is 13.2 Å². The molecule has 0 radical (unpaired) electrons. The van der Waals surface area contributed by atoms with Crippen LogP contribution >= 0.6 is 0 Å². The maximum Gasteiger partial charge on any atom is 0.287 e. The molecule has 0 saturated carbocycles. The summed E-state index contributed by atoms with van der Waals surface area (Å²) in [6.07, 6.45) is 15.0. The first-order valence-electron chi connectivity index (χ1n) is 8.46. The lowest BCUT2D eigenvalue weighted by Gasteiger charge is -2.10. The van der Waals surface area contributed by atoms with Crippen molar-refractivity contribution in [1.82, 2.24) is 0 Å². The minimum absolute atomic E-state index is 0.559. The summed E-state index contributed by atoms with van der Waals surface area (Å²) in [6.45, 7) is 7.90. The van der Waals surface area contributed by atoms with Gasteiger partial charge in [-0.15, -0.1) is 0 Å². The number of ether oxygens (including phenoxy) is 2. The van der Waals surface area contributed by atoms with Crippen LogP contribution in [-0.4, -0.2) is 13.2 Å². The Labute approximate surface area is 131 Å². The Balaban J connectivity index is 4.13. The van der Waals surface area contributed by atoms with Crippen LogP contribution < -0.4 is 0 Å². The molecule has 0 aromatic heterocycles. The highest BCUT2D eigenvalue weighted by Gasteiger charge is 1.97. The van der Waals surface area contributed by atoms with Crippen LogP contribution in [0.3, 0.4) is 0 Å². The SMILES string of the molecule is CCCCC/C=C\C#CC=C(OCCCC)OCCCC. The average molecular weight is 292 g/mol. The highest BCUT2D eigenvalue weighted by molar-refractivity contribution is 5.23. The van der Waals surface area contributed by atoms with E-state index in [9.17, 15) is 0 Å². The van der Waals surface area contributed by atoms with Crippen molar-refractivity contribution in [3.8, 4) is 11.8 Å². The molecule has 0 bridgehead atoms. The Morgan fingerprint density at radius 1 is 0.810 bits per heavy atom. The molecule has 0 N–H and O–H groups in total. The van der Waals surface area contributed by atoms with E-state index in [1.807, 2.05) is 6.08 Å². The molecule has 0 aromatic rings. The first-order valence-corrected chi connectivity index (χ1v) is 8.46. The fourth-order valence-electron chi connectivity index (χ4n) is 1.56. The summed E-state index contributed by atoms with van der Waals surface area (Å²) in [5, 5.41) is 0. The minimum Gasteiger partial charge on any atom is -0.465 e. The van der Waals surface area contributed by atoms with Gasteiger partial charge in [0.05, 0.1) is 19.3 Å². The van der Waals surface area contributed by atoms with Gasteiger partial charge in [-0.05, 0) is 31.8 Å². The molecule has 2 heteroatoms. The van der Waals surface area contributed by atoms with Crippen molar-refractivity contribution in [3.63, 3.8) is 0 Å². The number of unbranched alkanes of at least 4 members (excludes halogenated alkanes) is 5. The molecular formula is C19H32O2. The highest BCUT2D eigenvalue weighted by atomic mass is 16.7. The monoisotopic (exact) mass is 292 g/mol. The van der Waals surface area contributed by atoms with E-state index in [4.69, 9.17) is 9.47 Å². The Kier molecular flexibility index (Phi) is 15.6. The van der Waals surface area contributed by atoms with Gasteiger partial charge in [-0.2, -0.15) is 0 Å². The lowest BCUT2D eigenvalue weighted by atomic mass is 10.2. The summed E-state index contributed by atoms with van der Waals surface area (Å²) in [7, 11) is 0. The molecule has 0 spiro atoms. The van der Waals surface area contributed by atoms with E-state index < -0.39 is 0 Å². The fraction of sp³-hybridized carbons (Fsp3) is 0.684. The second-order valence-corrected chi connectivity index (χ2v) is 5.05. The van der Waals surface area contributed by atoms with Crippen molar-refractivity contribution in [1.29, 1.82) is 0 Å². The summed E-state index contributed by atoms with van der Waals surface area (Å²) in [5.74, 6) is 6.55. The quantitative estimate of drug-likeness (QED) is 0.265. The van der Waals surface area contributed by atoms with Crippen molar-refractivity contribution in [2.24, 2.45) is 0 Å². The van der Waals surface area contributed by atoms with E-state index in [-0.39, 0.29) is 0 Å². The second kappa shape index (κ2) is 16.7. The van der Waals surface area contributed by atoms with Gasteiger partial charge in [0.1, 0.15) is 0 Å². The van der Waals surface area contributed by atoms with E-state index in [0.29, 0.717) is 19.2 Å². The zero-order chi connectivity index (χ0) is 15.6. The third-order valence-corrected chi connectivity index (χ3v) is 2.93. The molecule has 0 amide bonds. The van der Waals surface area contributed by atoms with Crippen LogP contribution in [0.25, 0.3) is 0 Å². The summed E-state index contributed by atoms with van der Waals surface area (Å²) in [4.78, 5) is 0. The molecule has 2 nitrogen and oxygen atoms in total. The molecule has 0 unspecified atom stereocenters. The van der Waals surface area contributed by atoms with Gasteiger partial charge >= 0.3 is 0 Å². The van der Waals surface area contributed by atoms with Crippen LogP contribution in [0.2, 0.25) is 0 Å². The van der Waals surface area contributed by atoms with Gasteiger partial charge in [0.15, 0.2) is 0 Å². The van der Waals surface area contributed by atoms with Gasteiger partial charge in [-0.1, -0.05) is 64.4 Å². The summed E-state index contributed by atoms with van der Waals surface area (Å²) < 4.78 is 11.2. The molecule has 0 aliphatic rings. The zero-order valence-corrected chi connectivity index (χ0v) is 14.1. The predicted molar refractivity (Wildman–Crippen MR) is 90.9 cm³/mol. The van der Waals surface area contributed by atoms with Crippen LogP contribution in [0, 0.1) is 11.8 Å². The molecule has 0 aliphatic heterocycles. The van der Waals surface area contributed by atoms with E-state index >= 15 is 0 Å². The molecule has 0 saturated heterocycles. The van der Waals surface area contributed by atoms with Crippen molar-refractivity contribution >= 4 is 0 Å². The molecular weight excluding hydrogens is 260 g/mol. The molecule has 120 valence electrons. The molecule has 0 aliphatic carbocycles. The van der Waals surface area contributed by atoms with E-state index in [1.54, 1.807) is 6.08 Å². The van der Waals surface area contributed by atoms with E-state index in [1.165, 1.54) is 19.3 Å². The largest absolute Gasteiger partial charge is 0.465 e. The summed E-state index contributed by atoms with van der Waals surface area (Å²) >= 11 is 0. The standard InChI is InChI=1S/C19H32O2/c1-4-7-10-11-12-13-14-15-16-19(20-17-8-5-2)21-18-9-6-3/h12-13,16H,4-11,17-18H2,1-3H3/b13-12-. The predicted octanol–water partition coefficient (Wildman–Crippen LogP) is 5.60. The third-order valence-electron chi connectivity index (χ3n) is 2.93. The van der Waals surface area contributed by atoms with Crippen LogP contribution in [0.15, 0.2) is 24.2 Å². The summed E-state index contributed by atoms with van der Waals surface area (Å²) in [5.41, 5.74) is 0. The zero-order valence-electron chi connectivity index (χ0n) is 14.1. The highest BCUT2D eigenvalue weighted by Crippen LogP contribution is 2.04. The lowest BCUT2D eigenvalue weighted by Crippen LogP contribution is -2.01. The number of hydrogen-bond acceptors (Lipinski definition) is 2. The van der Waals surface area contributed by atoms with E-state index in [0.717, 1.165) is 32.1 Å². The minimum atomic E-state index is 0.559. The number of hydrogen-bond donors (Lipinski definition) is 0. The Hall–Kier alpha value is -1.36. The summed E-state index contributed by atoms with van der Waals surface area (Å²) in [6, 6.07) is 0.